The van der Waals surface area contributed by atoms with Gasteiger partial charge in [-0.3, -0.25) is 0 Å². The number of rotatable bonds is 7. The second kappa shape index (κ2) is 7.39. The highest BCUT2D eigenvalue weighted by atomic mass is 32.2. The first-order valence-corrected chi connectivity index (χ1v) is 6.96. The third-order valence-electron chi connectivity index (χ3n) is 2.10. The zero-order chi connectivity index (χ0) is 11.8. The monoisotopic (exact) mass is 239 g/mol. The molecule has 0 saturated carbocycles. The van der Waals surface area contributed by atoms with Crippen LogP contribution in [0.2, 0.25) is 0 Å². The first-order chi connectivity index (χ1) is 7.76. The molecular weight excluding hydrogens is 218 g/mol. The lowest BCUT2D eigenvalue weighted by molar-refractivity contribution is 0.912. The maximum absolute atomic E-state index is 4.24. The van der Waals surface area contributed by atoms with Crippen molar-refractivity contribution < 1.29 is 0 Å². The molecule has 2 N–H and O–H groups in total. The Balaban J connectivity index is 2.49. The molecule has 3 nitrogen and oxygen atoms in total. The van der Waals surface area contributed by atoms with Crippen LogP contribution in [0.3, 0.4) is 0 Å². The lowest BCUT2D eigenvalue weighted by Crippen LogP contribution is -2.18. The van der Waals surface area contributed by atoms with Gasteiger partial charge in [0.05, 0.1) is 0 Å². The van der Waals surface area contributed by atoms with Crippen LogP contribution in [0.4, 0.5) is 11.5 Å². The Morgan fingerprint density at radius 2 is 2.25 bits per heavy atom. The minimum Gasteiger partial charge on any atom is -0.382 e. The summed E-state index contributed by atoms with van der Waals surface area (Å²) < 4.78 is 0. The molecule has 1 unspecified atom stereocenters. The molecule has 0 bridgehead atoms. The molecule has 1 aromatic heterocycles. The lowest BCUT2D eigenvalue weighted by atomic mass is 10.3. The van der Waals surface area contributed by atoms with Gasteiger partial charge >= 0.3 is 0 Å². The van der Waals surface area contributed by atoms with E-state index in [2.05, 4.69) is 42.5 Å². The van der Waals surface area contributed by atoms with Crippen LogP contribution in [-0.4, -0.2) is 29.1 Å². The fourth-order valence-corrected chi connectivity index (χ4v) is 2.09. The average molecular weight is 239 g/mol. The molecule has 0 spiro atoms. The van der Waals surface area contributed by atoms with Crippen molar-refractivity contribution in [3.8, 4) is 0 Å². The quantitative estimate of drug-likeness (QED) is 0.767. The molecule has 0 saturated heterocycles. The summed E-state index contributed by atoms with van der Waals surface area (Å²) in [5.74, 6) is 3.24. The molecule has 0 aliphatic carbocycles. The molecule has 0 aliphatic rings. The van der Waals surface area contributed by atoms with E-state index in [1.807, 2.05) is 24.0 Å². The first-order valence-electron chi connectivity index (χ1n) is 5.80. The zero-order valence-corrected chi connectivity index (χ0v) is 11.1. The summed E-state index contributed by atoms with van der Waals surface area (Å²) in [6, 6.07) is 4.55. The molecule has 1 heterocycles. The van der Waals surface area contributed by atoms with Gasteiger partial charge in [0.15, 0.2) is 0 Å². The molecule has 0 amide bonds. The van der Waals surface area contributed by atoms with Crippen molar-refractivity contribution in [3.05, 3.63) is 18.3 Å². The number of anilines is 2. The van der Waals surface area contributed by atoms with E-state index < -0.39 is 0 Å². The van der Waals surface area contributed by atoms with Crippen LogP contribution in [0, 0.1) is 0 Å². The number of thioether (sulfide) groups is 1. The predicted octanol–water partition coefficient (Wildman–Crippen LogP) is 3.07. The molecule has 1 aromatic rings. The van der Waals surface area contributed by atoms with Crippen LogP contribution in [-0.2, 0) is 0 Å². The lowest BCUT2D eigenvalue weighted by Gasteiger charge is -2.15. The SMILES string of the molecule is CCNc1cc(NC(C)CSCC)ccn1. The van der Waals surface area contributed by atoms with E-state index >= 15 is 0 Å². The fraction of sp³-hybridized carbons (Fsp3) is 0.583. The summed E-state index contributed by atoms with van der Waals surface area (Å²) >= 11 is 1.96. The van der Waals surface area contributed by atoms with Gasteiger partial charge in [-0.2, -0.15) is 11.8 Å². The first kappa shape index (κ1) is 13.2. The van der Waals surface area contributed by atoms with E-state index in [4.69, 9.17) is 0 Å². The van der Waals surface area contributed by atoms with Crippen molar-refractivity contribution in [2.24, 2.45) is 0 Å². The molecule has 0 aliphatic heterocycles. The third kappa shape index (κ3) is 4.75. The van der Waals surface area contributed by atoms with Crippen LogP contribution >= 0.6 is 11.8 Å². The minimum atomic E-state index is 0.488. The van der Waals surface area contributed by atoms with Gasteiger partial charge in [0.2, 0.25) is 0 Å². The van der Waals surface area contributed by atoms with Crippen molar-refractivity contribution in [1.29, 1.82) is 0 Å². The van der Waals surface area contributed by atoms with E-state index in [-0.39, 0.29) is 0 Å². The maximum Gasteiger partial charge on any atom is 0.127 e. The van der Waals surface area contributed by atoms with Gasteiger partial charge in [-0.1, -0.05) is 6.92 Å². The van der Waals surface area contributed by atoms with Crippen LogP contribution in [0.15, 0.2) is 18.3 Å². The second-order valence-electron chi connectivity index (χ2n) is 3.66. The molecular formula is C12H21N3S. The normalized spacial score (nSPS) is 12.2. The topological polar surface area (TPSA) is 37.0 Å². The zero-order valence-electron chi connectivity index (χ0n) is 10.3. The summed E-state index contributed by atoms with van der Waals surface area (Å²) in [4.78, 5) is 4.24. The number of hydrogen-bond donors (Lipinski definition) is 2. The van der Waals surface area contributed by atoms with E-state index in [9.17, 15) is 0 Å². The number of nitrogens with zero attached hydrogens (tertiary/aromatic N) is 1. The summed E-state index contributed by atoms with van der Waals surface area (Å²) in [6.45, 7) is 7.36. The smallest absolute Gasteiger partial charge is 0.127 e. The van der Waals surface area contributed by atoms with Crippen molar-refractivity contribution in [1.82, 2.24) is 4.98 Å². The third-order valence-corrected chi connectivity index (χ3v) is 3.25. The van der Waals surface area contributed by atoms with Crippen LogP contribution in [0.1, 0.15) is 20.8 Å². The molecule has 0 aromatic carbocycles. The molecule has 0 fully saturated rings. The predicted molar refractivity (Wildman–Crippen MR) is 74.5 cm³/mol. The Morgan fingerprint density at radius 3 is 2.94 bits per heavy atom. The average Bonchev–Trinajstić information content (AvgIpc) is 2.27. The maximum atomic E-state index is 4.24. The van der Waals surface area contributed by atoms with E-state index in [1.165, 1.54) is 5.75 Å². The Morgan fingerprint density at radius 1 is 1.44 bits per heavy atom. The van der Waals surface area contributed by atoms with E-state index in [0.717, 1.165) is 23.8 Å². The number of aromatic nitrogens is 1. The largest absolute Gasteiger partial charge is 0.382 e. The van der Waals surface area contributed by atoms with Crippen LogP contribution in [0.25, 0.3) is 0 Å². The number of hydrogen-bond acceptors (Lipinski definition) is 4. The summed E-state index contributed by atoms with van der Waals surface area (Å²) in [5, 5.41) is 6.68. The van der Waals surface area contributed by atoms with Gasteiger partial charge < -0.3 is 10.6 Å². The molecule has 4 heteroatoms. The van der Waals surface area contributed by atoms with Gasteiger partial charge in [-0.15, -0.1) is 0 Å². The van der Waals surface area contributed by atoms with E-state index in [0.29, 0.717) is 6.04 Å². The number of pyridine rings is 1. The van der Waals surface area contributed by atoms with Crippen molar-refractivity contribution in [3.63, 3.8) is 0 Å². The summed E-state index contributed by atoms with van der Waals surface area (Å²) in [5.41, 5.74) is 1.13. The van der Waals surface area contributed by atoms with Crippen molar-refractivity contribution in [2.45, 2.75) is 26.8 Å². The Kier molecular flexibility index (Phi) is 6.08. The standard InChI is InChI=1S/C12H21N3S/c1-4-13-12-8-11(6-7-14-12)15-10(3)9-16-5-2/h6-8,10H,4-5,9H2,1-3H3,(H2,13,14,15). The Labute approximate surface area is 102 Å². The highest BCUT2D eigenvalue weighted by Crippen LogP contribution is 2.14. The van der Waals surface area contributed by atoms with Gasteiger partial charge in [-0.05, 0) is 25.7 Å². The van der Waals surface area contributed by atoms with Crippen LogP contribution in [0.5, 0.6) is 0 Å². The molecule has 16 heavy (non-hydrogen) atoms. The molecule has 90 valence electrons. The van der Waals surface area contributed by atoms with Gasteiger partial charge in [0.1, 0.15) is 5.82 Å². The molecule has 1 atom stereocenters. The second-order valence-corrected chi connectivity index (χ2v) is 4.98. The highest BCUT2D eigenvalue weighted by Gasteiger charge is 2.02. The molecule has 0 radical (unpaired) electrons. The molecule has 1 rings (SSSR count). The highest BCUT2D eigenvalue weighted by molar-refractivity contribution is 7.99. The fourth-order valence-electron chi connectivity index (χ4n) is 1.42. The minimum absolute atomic E-state index is 0.488. The van der Waals surface area contributed by atoms with Crippen LogP contribution < -0.4 is 10.6 Å². The number of nitrogens with one attached hydrogen (secondary N) is 2. The summed E-state index contributed by atoms with van der Waals surface area (Å²) in [6.07, 6.45) is 1.83. The van der Waals surface area contributed by atoms with E-state index in [1.54, 1.807) is 0 Å². The Bertz CT molecular complexity index is 304. The van der Waals surface area contributed by atoms with Crippen molar-refractivity contribution in [2.75, 3.05) is 28.7 Å². The Hall–Kier alpha value is -0.900. The summed E-state index contributed by atoms with van der Waals surface area (Å²) in [7, 11) is 0. The van der Waals surface area contributed by atoms with Gasteiger partial charge in [0, 0.05) is 36.3 Å². The van der Waals surface area contributed by atoms with Gasteiger partial charge in [0.25, 0.3) is 0 Å². The van der Waals surface area contributed by atoms with Gasteiger partial charge in [-0.25, -0.2) is 4.98 Å². The van der Waals surface area contributed by atoms with Crippen molar-refractivity contribution >= 4 is 23.3 Å².